The van der Waals surface area contributed by atoms with Crippen LogP contribution in [0.4, 0.5) is 13.2 Å². The summed E-state index contributed by atoms with van der Waals surface area (Å²) in [5, 5.41) is 8.69. The number of carboxylic acid groups (broad SMARTS) is 1. The summed E-state index contributed by atoms with van der Waals surface area (Å²) in [6, 6.07) is 0. The first-order chi connectivity index (χ1) is 6.41. The molecule has 0 aromatic carbocycles. The van der Waals surface area contributed by atoms with Crippen LogP contribution in [-0.2, 0) is 9.53 Å². The Morgan fingerprint density at radius 2 is 1.86 bits per heavy atom. The summed E-state index contributed by atoms with van der Waals surface area (Å²) >= 11 is 0. The van der Waals surface area contributed by atoms with Crippen molar-refractivity contribution in [1.29, 1.82) is 0 Å². The van der Waals surface area contributed by atoms with Crippen LogP contribution < -0.4 is 0 Å². The lowest BCUT2D eigenvalue weighted by molar-refractivity contribution is -0.201. The van der Waals surface area contributed by atoms with Gasteiger partial charge in [-0.2, -0.15) is 13.2 Å². The molecule has 14 heavy (non-hydrogen) atoms. The fourth-order valence-electron chi connectivity index (χ4n) is 2.41. The first kappa shape index (κ1) is 9.76. The van der Waals surface area contributed by atoms with E-state index < -0.39 is 36.2 Å². The Morgan fingerprint density at radius 3 is 2.29 bits per heavy atom. The van der Waals surface area contributed by atoms with E-state index in [0.29, 0.717) is 12.8 Å². The predicted molar refractivity (Wildman–Crippen MR) is 38.6 cm³/mol. The van der Waals surface area contributed by atoms with Crippen LogP contribution in [0.3, 0.4) is 0 Å². The van der Waals surface area contributed by atoms with E-state index in [2.05, 4.69) is 0 Å². The average molecular weight is 210 g/mol. The molecule has 2 fully saturated rings. The standard InChI is InChI=1S/C8H9F3O3/c9-8(10,11)6-4-2-1-3(14-4)5(6)7(12)13/h3-6H,1-2H2,(H,12,13)/t3-,4+,5+,6-/m0/s1. The Balaban J connectivity index is 2.26. The van der Waals surface area contributed by atoms with Crippen LogP contribution in [-0.4, -0.2) is 29.5 Å². The zero-order valence-corrected chi connectivity index (χ0v) is 7.12. The Kier molecular flexibility index (Phi) is 1.99. The second kappa shape index (κ2) is 2.85. The van der Waals surface area contributed by atoms with Gasteiger partial charge in [0.25, 0.3) is 0 Å². The molecular weight excluding hydrogens is 201 g/mol. The molecule has 2 aliphatic rings. The number of carbonyl (C=O) groups is 1. The summed E-state index contributed by atoms with van der Waals surface area (Å²) in [7, 11) is 0. The Labute approximate surface area is 77.8 Å². The third-order valence-electron chi connectivity index (χ3n) is 2.94. The van der Waals surface area contributed by atoms with Crippen molar-refractivity contribution in [2.75, 3.05) is 0 Å². The normalized spacial score (nSPS) is 41.6. The van der Waals surface area contributed by atoms with E-state index >= 15 is 0 Å². The molecule has 0 saturated carbocycles. The van der Waals surface area contributed by atoms with Gasteiger partial charge in [0.15, 0.2) is 0 Å². The maximum atomic E-state index is 12.5. The fraction of sp³-hybridized carbons (Fsp3) is 0.875. The van der Waals surface area contributed by atoms with Crippen molar-refractivity contribution in [2.45, 2.75) is 31.2 Å². The van der Waals surface area contributed by atoms with Crippen molar-refractivity contribution >= 4 is 5.97 Å². The lowest BCUT2D eigenvalue weighted by Crippen LogP contribution is -2.42. The summed E-state index contributed by atoms with van der Waals surface area (Å²) in [4.78, 5) is 10.7. The summed E-state index contributed by atoms with van der Waals surface area (Å²) < 4.78 is 42.4. The minimum absolute atomic E-state index is 0.318. The highest BCUT2D eigenvalue weighted by Gasteiger charge is 2.62. The van der Waals surface area contributed by atoms with Gasteiger partial charge >= 0.3 is 12.1 Å². The number of aliphatic carboxylic acids is 1. The van der Waals surface area contributed by atoms with Crippen molar-refractivity contribution in [1.82, 2.24) is 0 Å². The molecule has 4 atom stereocenters. The monoisotopic (exact) mass is 210 g/mol. The molecule has 0 amide bonds. The van der Waals surface area contributed by atoms with Crippen molar-refractivity contribution < 1.29 is 27.8 Å². The molecule has 1 N–H and O–H groups in total. The van der Waals surface area contributed by atoms with Crippen LogP contribution in [0.5, 0.6) is 0 Å². The smallest absolute Gasteiger partial charge is 0.395 e. The van der Waals surface area contributed by atoms with Gasteiger partial charge in [0.2, 0.25) is 0 Å². The maximum absolute atomic E-state index is 12.5. The lowest BCUT2D eigenvalue weighted by Gasteiger charge is -2.26. The second-order valence-corrected chi connectivity index (χ2v) is 3.72. The van der Waals surface area contributed by atoms with Crippen LogP contribution in [0.1, 0.15) is 12.8 Å². The number of carboxylic acids is 1. The number of hydrogen-bond acceptors (Lipinski definition) is 2. The summed E-state index contributed by atoms with van der Waals surface area (Å²) in [6.07, 6.45) is -5.42. The van der Waals surface area contributed by atoms with E-state index in [9.17, 15) is 18.0 Å². The topological polar surface area (TPSA) is 46.5 Å². The zero-order chi connectivity index (χ0) is 10.5. The molecule has 3 nitrogen and oxygen atoms in total. The molecule has 2 rings (SSSR count). The molecule has 2 bridgehead atoms. The van der Waals surface area contributed by atoms with E-state index in [-0.39, 0.29) is 0 Å². The van der Waals surface area contributed by atoms with Gasteiger partial charge in [-0.05, 0) is 12.8 Å². The lowest BCUT2D eigenvalue weighted by atomic mass is 9.79. The van der Waals surface area contributed by atoms with Gasteiger partial charge in [-0.3, -0.25) is 4.79 Å². The van der Waals surface area contributed by atoms with Crippen molar-refractivity contribution in [3.63, 3.8) is 0 Å². The van der Waals surface area contributed by atoms with Gasteiger partial charge in [0, 0.05) is 0 Å². The molecule has 0 aromatic heterocycles. The number of ether oxygens (including phenoxy) is 1. The van der Waals surface area contributed by atoms with E-state index in [1.165, 1.54) is 0 Å². The van der Waals surface area contributed by atoms with E-state index in [4.69, 9.17) is 9.84 Å². The average Bonchev–Trinajstić information content (AvgIpc) is 2.58. The van der Waals surface area contributed by atoms with E-state index in [1.54, 1.807) is 0 Å². The molecule has 2 heterocycles. The summed E-state index contributed by atoms with van der Waals surface area (Å²) in [5.41, 5.74) is 0. The Hall–Kier alpha value is -0.780. The van der Waals surface area contributed by atoms with Gasteiger partial charge in [-0.15, -0.1) is 0 Å². The third-order valence-corrected chi connectivity index (χ3v) is 2.94. The molecule has 0 radical (unpaired) electrons. The van der Waals surface area contributed by atoms with Gasteiger partial charge in [-0.25, -0.2) is 0 Å². The zero-order valence-electron chi connectivity index (χ0n) is 7.12. The fourth-order valence-corrected chi connectivity index (χ4v) is 2.41. The van der Waals surface area contributed by atoms with Crippen LogP contribution in [0.25, 0.3) is 0 Å². The summed E-state index contributed by atoms with van der Waals surface area (Å²) in [6.45, 7) is 0. The summed E-state index contributed by atoms with van der Waals surface area (Å²) in [5.74, 6) is -4.63. The highest BCUT2D eigenvalue weighted by molar-refractivity contribution is 5.72. The van der Waals surface area contributed by atoms with Crippen molar-refractivity contribution in [3.05, 3.63) is 0 Å². The molecule has 0 spiro atoms. The van der Waals surface area contributed by atoms with Gasteiger partial charge < -0.3 is 9.84 Å². The van der Waals surface area contributed by atoms with Crippen molar-refractivity contribution in [2.24, 2.45) is 11.8 Å². The molecule has 2 aliphatic heterocycles. The largest absolute Gasteiger partial charge is 0.481 e. The molecule has 6 heteroatoms. The number of rotatable bonds is 1. The number of hydrogen-bond donors (Lipinski definition) is 1. The van der Waals surface area contributed by atoms with E-state index in [0.717, 1.165) is 0 Å². The number of halogens is 3. The molecule has 2 saturated heterocycles. The number of fused-ring (bicyclic) bond motifs is 2. The highest BCUT2D eigenvalue weighted by Crippen LogP contribution is 2.50. The quantitative estimate of drug-likeness (QED) is 0.712. The highest BCUT2D eigenvalue weighted by atomic mass is 19.4. The van der Waals surface area contributed by atoms with Crippen LogP contribution in [0.15, 0.2) is 0 Å². The third kappa shape index (κ3) is 1.28. The molecule has 0 aromatic rings. The maximum Gasteiger partial charge on any atom is 0.395 e. The van der Waals surface area contributed by atoms with Gasteiger partial charge in [0.1, 0.15) is 0 Å². The minimum atomic E-state index is -4.47. The molecule has 80 valence electrons. The number of alkyl halides is 3. The minimum Gasteiger partial charge on any atom is -0.481 e. The van der Waals surface area contributed by atoms with Gasteiger partial charge in [0.05, 0.1) is 24.0 Å². The van der Waals surface area contributed by atoms with Crippen LogP contribution in [0, 0.1) is 11.8 Å². The van der Waals surface area contributed by atoms with Crippen LogP contribution >= 0.6 is 0 Å². The van der Waals surface area contributed by atoms with Gasteiger partial charge in [-0.1, -0.05) is 0 Å². The first-order valence-electron chi connectivity index (χ1n) is 4.36. The van der Waals surface area contributed by atoms with E-state index in [1.807, 2.05) is 0 Å². The SMILES string of the molecule is O=C(O)[C@H]1[C@@H](C(F)(F)F)[C@H]2CC[C@@H]1O2. The molecular formula is C8H9F3O3. The molecule has 0 unspecified atom stereocenters. The Bertz CT molecular complexity index is 263. The predicted octanol–water partition coefficient (Wildman–Crippen LogP) is 1.43. The van der Waals surface area contributed by atoms with Crippen LogP contribution in [0.2, 0.25) is 0 Å². The molecule has 0 aliphatic carbocycles. The van der Waals surface area contributed by atoms with Crippen molar-refractivity contribution in [3.8, 4) is 0 Å². The Morgan fingerprint density at radius 1 is 1.29 bits per heavy atom. The second-order valence-electron chi connectivity index (χ2n) is 3.72. The first-order valence-corrected chi connectivity index (χ1v) is 4.36.